The Labute approximate surface area is 161 Å². The maximum absolute atomic E-state index is 12.8. The van der Waals surface area contributed by atoms with Gasteiger partial charge in [0, 0.05) is 16.8 Å². The number of hydrogen-bond donors (Lipinski definition) is 2. The summed E-state index contributed by atoms with van der Waals surface area (Å²) in [4.78, 5) is 14.0. The molecule has 0 aromatic heterocycles. The normalized spacial score (nSPS) is 13.0. The Hall–Kier alpha value is -2.91. The van der Waals surface area contributed by atoms with Gasteiger partial charge in [0.2, 0.25) is 0 Å². The monoisotopic (exact) mass is 359 g/mol. The smallest absolute Gasteiger partial charge is 0.282 e. The van der Waals surface area contributed by atoms with Crippen LogP contribution in [0.5, 0.6) is 0 Å². The van der Waals surface area contributed by atoms with Crippen molar-refractivity contribution in [2.75, 3.05) is 12.4 Å². The molecule has 2 N–H and O–H groups in total. The molecular formula is C24H27N2O+. The number of amides is 1. The van der Waals surface area contributed by atoms with E-state index < -0.39 is 0 Å². The molecule has 0 aliphatic rings. The summed E-state index contributed by atoms with van der Waals surface area (Å²) in [5.41, 5.74) is 5.47. The highest BCUT2D eigenvalue weighted by Crippen LogP contribution is 2.27. The Bertz CT molecular complexity index is 888. The molecule has 138 valence electrons. The summed E-state index contributed by atoms with van der Waals surface area (Å²) in [7, 11) is 2.06. The summed E-state index contributed by atoms with van der Waals surface area (Å²) < 4.78 is 0. The topological polar surface area (TPSA) is 33.5 Å². The van der Waals surface area contributed by atoms with E-state index in [0.29, 0.717) is 0 Å². The van der Waals surface area contributed by atoms with Crippen LogP contribution in [0.3, 0.4) is 0 Å². The third-order valence-electron chi connectivity index (χ3n) is 5.01. The first-order valence-corrected chi connectivity index (χ1v) is 9.38. The summed E-state index contributed by atoms with van der Waals surface area (Å²) in [5.74, 6) is 0.0305. The molecule has 1 unspecified atom stereocenters. The molecule has 0 radical (unpaired) electrons. The molecule has 0 saturated heterocycles. The average molecular weight is 359 g/mol. The van der Waals surface area contributed by atoms with E-state index in [4.69, 9.17) is 0 Å². The van der Waals surface area contributed by atoms with Crippen molar-refractivity contribution >= 4 is 11.6 Å². The summed E-state index contributed by atoms with van der Waals surface area (Å²) in [6, 6.07) is 26.4. The predicted octanol–water partition coefficient (Wildman–Crippen LogP) is 3.70. The van der Waals surface area contributed by atoms with Crippen molar-refractivity contribution in [3.8, 4) is 11.1 Å². The number of anilines is 1. The van der Waals surface area contributed by atoms with E-state index in [1.807, 2.05) is 49.4 Å². The second-order valence-electron chi connectivity index (χ2n) is 7.13. The SMILES string of the molecule is Cc1ccc(C[NH+](C)[C@H](C)C(=O)Nc2ccccc2-c2ccccc2)cc1. The van der Waals surface area contributed by atoms with Gasteiger partial charge in [-0.05, 0) is 25.5 Å². The molecule has 0 heterocycles. The van der Waals surface area contributed by atoms with E-state index >= 15 is 0 Å². The minimum absolute atomic E-state index is 0.0305. The number of quaternary nitrogens is 1. The van der Waals surface area contributed by atoms with Crippen LogP contribution in [-0.2, 0) is 11.3 Å². The zero-order valence-electron chi connectivity index (χ0n) is 16.2. The number of para-hydroxylation sites is 1. The number of nitrogens with one attached hydrogen (secondary N) is 2. The van der Waals surface area contributed by atoms with Crippen molar-refractivity contribution in [1.82, 2.24) is 0 Å². The number of rotatable bonds is 6. The number of likely N-dealkylation sites (N-methyl/N-ethyl adjacent to an activating group) is 1. The molecule has 0 bridgehead atoms. The molecule has 0 saturated carbocycles. The fourth-order valence-electron chi connectivity index (χ4n) is 3.11. The maximum atomic E-state index is 12.8. The maximum Gasteiger partial charge on any atom is 0.282 e. The predicted molar refractivity (Wildman–Crippen MR) is 112 cm³/mol. The van der Waals surface area contributed by atoms with E-state index in [2.05, 4.69) is 55.7 Å². The van der Waals surface area contributed by atoms with Gasteiger partial charge in [-0.1, -0.05) is 78.4 Å². The first kappa shape index (κ1) is 18.9. The minimum atomic E-state index is -0.157. The van der Waals surface area contributed by atoms with Crippen LogP contribution in [-0.4, -0.2) is 19.0 Å². The molecular weight excluding hydrogens is 332 g/mol. The van der Waals surface area contributed by atoms with Crippen LogP contribution >= 0.6 is 0 Å². The Kier molecular flexibility index (Phi) is 6.05. The summed E-state index contributed by atoms with van der Waals surface area (Å²) in [6.07, 6.45) is 0. The Balaban J connectivity index is 1.70. The van der Waals surface area contributed by atoms with Gasteiger partial charge >= 0.3 is 0 Å². The second-order valence-corrected chi connectivity index (χ2v) is 7.13. The number of carbonyl (C=O) groups excluding carboxylic acids is 1. The van der Waals surface area contributed by atoms with E-state index in [9.17, 15) is 4.79 Å². The van der Waals surface area contributed by atoms with Crippen LogP contribution in [0.1, 0.15) is 18.1 Å². The first-order chi connectivity index (χ1) is 13.0. The zero-order valence-corrected chi connectivity index (χ0v) is 16.2. The fraction of sp³-hybridized carbons (Fsp3) is 0.208. The molecule has 0 spiro atoms. The third kappa shape index (κ3) is 4.83. The molecule has 1 amide bonds. The van der Waals surface area contributed by atoms with Crippen molar-refractivity contribution < 1.29 is 9.69 Å². The summed E-state index contributed by atoms with van der Waals surface area (Å²) in [6.45, 7) is 4.87. The lowest BCUT2D eigenvalue weighted by Gasteiger charge is -2.22. The van der Waals surface area contributed by atoms with E-state index in [1.165, 1.54) is 11.1 Å². The molecule has 3 nitrogen and oxygen atoms in total. The van der Waals surface area contributed by atoms with Crippen molar-refractivity contribution in [3.05, 3.63) is 90.0 Å². The van der Waals surface area contributed by atoms with Gasteiger partial charge in [-0.25, -0.2) is 0 Å². The standard InChI is InChI=1S/C24H26N2O/c1-18-13-15-20(16-14-18)17-26(3)19(2)24(27)25-23-12-8-7-11-22(23)21-9-5-4-6-10-21/h4-16,19H,17H2,1-3H3,(H,25,27)/p+1/t19-/m1/s1. The van der Waals surface area contributed by atoms with Crippen molar-refractivity contribution in [2.24, 2.45) is 0 Å². The van der Waals surface area contributed by atoms with Crippen LogP contribution in [0.25, 0.3) is 11.1 Å². The summed E-state index contributed by atoms with van der Waals surface area (Å²) in [5, 5.41) is 3.12. The molecule has 3 rings (SSSR count). The minimum Gasteiger partial charge on any atom is -0.324 e. The molecule has 0 aliphatic carbocycles. The number of carbonyl (C=O) groups is 1. The number of benzene rings is 3. The molecule has 0 fully saturated rings. The van der Waals surface area contributed by atoms with Crippen molar-refractivity contribution in [2.45, 2.75) is 26.4 Å². The quantitative estimate of drug-likeness (QED) is 0.691. The van der Waals surface area contributed by atoms with Gasteiger partial charge in [-0.2, -0.15) is 0 Å². The average Bonchev–Trinajstić information content (AvgIpc) is 2.70. The van der Waals surface area contributed by atoms with Crippen LogP contribution in [0, 0.1) is 6.92 Å². The molecule has 27 heavy (non-hydrogen) atoms. The highest BCUT2D eigenvalue weighted by atomic mass is 16.2. The van der Waals surface area contributed by atoms with Gasteiger partial charge in [0.25, 0.3) is 5.91 Å². The lowest BCUT2D eigenvalue weighted by molar-refractivity contribution is -0.907. The lowest BCUT2D eigenvalue weighted by Crippen LogP contribution is -3.12. The second kappa shape index (κ2) is 8.65. The molecule has 2 atom stereocenters. The highest BCUT2D eigenvalue weighted by Gasteiger charge is 2.22. The van der Waals surface area contributed by atoms with Crippen LogP contribution in [0.15, 0.2) is 78.9 Å². The van der Waals surface area contributed by atoms with Gasteiger partial charge in [0.1, 0.15) is 6.54 Å². The first-order valence-electron chi connectivity index (χ1n) is 9.38. The Morgan fingerprint density at radius 1 is 0.926 bits per heavy atom. The van der Waals surface area contributed by atoms with Gasteiger partial charge in [-0.15, -0.1) is 0 Å². The van der Waals surface area contributed by atoms with Crippen molar-refractivity contribution in [3.63, 3.8) is 0 Å². The highest BCUT2D eigenvalue weighted by molar-refractivity contribution is 5.97. The molecule has 3 aromatic rings. The Morgan fingerprint density at radius 2 is 1.56 bits per heavy atom. The summed E-state index contributed by atoms with van der Waals surface area (Å²) >= 11 is 0. The number of aryl methyl sites for hydroxylation is 1. The van der Waals surface area contributed by atoms with Crippen molar-refractivity contribution in [1.29, 1.82) is 0 Å². The van der Waals surface area contributed by atoms with E-state index in [-0.39, 0.29) is 11.9 Å². The fourth-order valence-corrected chi connectivity index (χ4v) is 3.11. The van der Waals surface area contributed by atoms with E-state index in [0.717, 1.165) is 28.3 Å². The van der Waals surface area contributed by atoms with Crippen LogP contribution in [0.2, 0.25) is 0 Å². The molecule has 0 aliphatic heterocycles. The Morgan fingerprint density at radius 3 is 2.26 bits per heavy atom. The lowest BCUT2D eigenvalue weighted by atomic mass is 10.0. The third-order valence-corrected chi connectivity index (χ3v) is 5.01. The van der Waals surface area contributed by atoms with Gasteiger partial charge in [-0.3, -0.25) is 4.79 Å². The van der Waals surface area contributed by atoms with Gasteiger partial charge in [0.15, 0.2) is 6.04 Å². The molecule has 3 aromatic carbocycles. The van der Waals surface area contributed by atoms with Gasteiger partial charge in [0.05, 0.1) is 7.05 Å². The van der Waals surface area contributed by atoms with Gasteiger partial charge < -0.3 is 10.2 Å². The molecule has 3 heteroatoms. The van der Waals surface area contributed by atoms with Crippen LogP contribution < -0.4 is 10.2 Å². The largest absolute Gasteiger partial charge is 0.324 e. The number of hydrogen-bond acceptors (Lipinski definition) is 1. The zero-order chi connectivity index (χ0) is 19.2. The van der Waals surface area contributed by atoms with E-state index in [1.54, 1.807) is 0 Å². The van der Waals surface area contributed by atoms with Crippen LogP contribution in [0.4, 0.5) is 5.69 Å².